The summed E-state index contributed by atoms with van der Waals surface area (Å²) >= 11 is 0. The van der Waals surface area contributed by atoms with E-state index >= 15 is 0 Å². The molecule has 1 fully saturated rings. The van der Waals surface area contributed by atoms with Crippen molar-refractivity contribution in [3.8, 4) is 5.75 Å². The zero-order valence-electron chi connectivity index (χ0n) is 13.0. The fourth-order valence-corrected chi connectivity index (χ4v) is 3.52. The summed E-state index contributed by atoms with van der Waals surface area (Å²) in [6.45, 7) is 2.00. The number of piperidine rings is 1. The maximum absolute atomic E-state index is 12.9. The van der Waals surface area contributed by atoms with Crippen LogP contribution in [0.1, 0.15) is 24.4 Å². The quantitative estimate of drug-likeness (QED) is 0.847. The van der Waals surface area contributed by atoms with E-state index in [1.54, 1.807) is 12.7 Å². The van der Waals surface area contributed by atoms with E-state index in [2.05, 4.69) is 10.1 Å². The van der Waals surface area contributed by atoms with Crippen LogP contribution in [-0.4, -0.2) is 45.3 Å². The van der Waals surface area contributed by atoms with E-state index in [0.717, 1.165) is 37.1 Å². The average molecular weight is 312 g/mol. The van der Waals surface area contributed by atoms with Crippen LogP contribution in [0, 0.1) is 5.92 Å². The van der Waals surface area contributed by atoms with Gasteiger partial charge in [-0.15, -0.1) is 0 Å². The first-order valence-electron chi connectivity index (χ1n) is 8.15. The Balaban J connectivity index is 1.45. The summed E-state index contributed by atoms with van der Waals surface area (Å²) in [5, 5.41) is 4.22. The maximum Gasteiger partial charge on any atom is 0.229 e. The highest BCUT2D eigenvalue weighted by Gasteiger charge is 2.32. The van der Waals surface area contributed by atoms with E-state index in [9.17, 15) is 4.79 Å². The molecule has 1 amide bonds. The third-order valence-electron chi connectivity index (χ3n) is 4.75. The Labute approximate surface area is 135 Å². The molecule has 23 heavy (non-hydrogen) atoms. The summed E-state index contributed by atoms with van der Waals surface area (Å²) in [7, 11) is 0. The van der Waals surface area contributed by atoms with Gasteiger partial charge < -0.3 is 9.64 Å². The van der Waals surface area contributed by atoms with Crippen molar-refractivity contribution in [1.29, 1.82) is 0 Å². The molecule has 2 aromatic rings. The molecular weight excluding hydrogens is 292 g/mol. The number of ether oxygens (including phenoxy) is 1. The molecule has 0 aliphatic carbocycles. The summed E-state index contributed by atoms with van der Waals surface area (Å²) < 4.78 is 7.64. The van der Waals surface area contributed by atoms with Crippen molar-refractivity contribution >= 4 is 5.91 Å². The highest BCUT2D eigenvalue weighted by atomic mass is 16.5. The first-order chi connectivity index (χ1) is 11.3. The lowest BCUT2D eigenvalue weighted by Gasteiger charge is -2.36. The normalized spacial score (nSPS) is 23.9. The molecule has 2 atom stereocenters. The third kappa shape index (κ3) is 2.81. The zero-order chi connectivity index (χ0) is 15.6. The lowest BCUT2D eigenvalue weighted by molar-refractivity contribution is -0.138. The van der Waals surface area contributed by atoms with Gasteiger partial charge >= 0.3 is 0 Å². The molecule has 1 aromatic carbocycles. The second-order valence-electron chi connectivity index (χ2n) is 6.28. The van der Waals surface area contributed by atoms with Crippen LogP contribution in [0.15, 0.2) is 36.9 Å². The van der Waals surface area contributed by atoms with Crippen molar-refractivity contribution in [3.05, 3.63) is 42.5 Å². The van der Waals surface area contributed by atoms with Gasteiger partial charge in [-0.1, -0.05) is 18.2 Å². The van der Waals surface area contributed by atoms with Crippen molar-refractivity contribution < 1.29 is 9.53 Å². The van der Waals surface area contributed by atoms with Crippen LogP contribution in [0.3, 0.4) is 0 Å². The summed E-state index contributed by atoms with van der Waals surface area (Å²) in [6.07, 6.45) is 6.09. The monoisotopic (exact) mass is 312 g/mol. The Morgan fingerprint density at radius 3 is 3.09 bits per heavy atom. The van der Waals surface area contributed by atoms with Crippen molar-refractivity contribution in [2.45, 2.75) is 25.3 Å². The lowest BCUT2D eigenvalue weighted by Crippen LogP contribution is -2.46. The van der Waals surface area contributed by atoms with Gasteiger partial charge in [-0.2, -0.15) is 5.10 Å². The predicted molar refractivity (Wildman–Crippen MR) is 84.0 cm³/mol. The number of carbonyl (C=O) groups excluding carboxylic acids is 1. The minimum absolute atomic E-state index is 0.0839. The average Bonchev–Trinajstić information content (AvgIpc) is 3.15. The standard InChI is InChI=1S/C17H20N4O2/c22-17(14-8-13-4-1-2-6-16(13)23-10-14)20-7-3-5-15(9-20)21-12-18-11-19-21/h1-2,4,6,11-12,14-15H,3,5,7-10H2/t14-,15-/m0/s1. The summed E-state index contributed by atoms with van der Waals surface area (Å²) in [4.78, 5) is 18.9. The van der Waals surface area contributed by atoms with Gasteiger partial charge in [-0.05, 0) is 30.9 Å². The highest BCUT2D eigenvalue weighted by molar-refractivity contribution is 5.80. The second kappa shape index (κ2) is 6.02. The number of carbonyl (C=O) groups is 1. The number of para-hydroxylation sites is 1. The van der Waals surface area contributed by atoms with Gasteiger partial charge in [-0.3, -0.25) is 4.79 Å². The summed E-state index contributed by atoms with van der Waals surface area (Å²) in [5.41, 5.74) is 1.13. The van der Waals surface area contributed by atoms with Gasteiger partial charge in [0.15, 0.2) is 0 Å². The van der Waals surface area contributed by atoms with Gasteiger partial charge in [-0.25, -0.2) is 9.67 Å². The van der Waals surface area contributed by atoms with Gasteiger partial charge in [0.25, 0.3) is 0 Å². The molecule has 0 saturated carbocycles. The van der Waals surface area contributed by atoms with Crippen molar-refractivity contribution in [3.63, 3.8) is 0 Å². The third-order valence-corrected chi connectivity index (χ3v) is 4.75. The fourth-order valence-electron chi connectivity index (χ4n) is 3.52. The Hall–Kier alpha value is -2.37. The molecule has 3 heterocycles. The SMILES string of the molecule is O=C([C@@H]1COc2ccccc2C1)N1CCC[C@H](n2cncn2)C1. The van der Waals surface area contributed by atoms with E-state index in [0.29, 0.717) is 13.2 Å². The van der Waals surface area contributed by atoms with Gasteiger partial charge in [0.2, 0.25) is 5.91 Å². The molecule has 120 valence electrons. The van der Waals surface area contributed by atoms with Gasteiger partial charge in [0.05, 0.1) is 12.0 Å². The molecule has 1 saturated heterocycles. The number of benzene rings is 1. The summed E-state index contributed by atoms with van der Waals surface area (Å²) in [6, 6.07) is 8.21. The predicted octanol–water partition coefficient (Wildman–Crippen LogP) is 1.69. The van der Waals surface area contributed by atoms with Crippen molar-refractivity contribution in [1.82, 2.24) is 19.7 Å². The van der Waals surface area contributed by atoms with E-state index < -0.39 is 0 Å². The Morgan fingerprint density at radius 1 is 1.30 bits per heavy atom. The van der Waals surface area contributed by atoms with Crippen LogP contribution in [0.25, 0.3) is 0 Å². The number of amides is 1. The Morgan fingerprint density at radius 2 is 2.22 bits per heavy atom. The molecule has 6 heteroatoms. The minimum atomic E-state index is -0.0839. The molecular formula is C17H20N4O2. The van der Waals surface area contributed by atoms with E-state index in [1.165, 1.54) is 0 Å². The molecule has 4 rings (SSSR count). The smallest absolute Gasteiger partial charge is 0.229 e. The largest absolute Gasteiger partial charge is 0.492 e. The fraction of sp³-hybridized carbons (Fsp3) is 0.471. The lowest BCUT2D eigenvalue weighted by atomic mass is 9.94. The molecule has 2 aliphatic rings. The first-order valence-corrected chi connectivity index (χ1v) is 8.15. The molecule has 0 radical (unpaired) electrons. The minimum Gasteiger partial charge on any atom is -0.492 e. The maximum atomic E-state index is 12.9. The van der Waals surface area contributed by atoms with E-state index in [1.807, 2.05) is 33.8 Å². The van der Waals surface area contributed by atoms with Crippen LogP contribution in [0.4, 0.5) is 0 Å². The van der Waals surface area contributed by atoms with E-state index in [4.69, 9.17) is 4.74 Å². The Kier molecular flexibility index (Phi) is 3.73. The molecule has 1 aromatic heterocycles. The molecule has 0 spiro atoms. The van der Waals surface area contributed by atoms with Gasteiger partial charge in [0.1, 0.15) is 25.0 Å². The molecule has 6 nitrogen and oxygen atoms in total. The Bertz CT molecular complexity index is 686. The number of hydrogen-bond acceptors (Lipinski definition) is 4. The number of fused-ring (bicyclic) bond motifs is 1. The van der Waals surface area contributed by atoms with Crippen LogP contribution in [0.5, 0.6) is 5.75 Å². The van der Waals surface area contributed by atoms with Crippen LogP contribution in [0.2, 0.25) is 0 Å². The van der Waals surface area contributed by atoms with E-state index in [-0.39, 0.29) is 17.9 Å². The van der Waals surface area contributed by atoms with Crippen LogP contribution < -0.4 is 4.74 Å². The second-order valence-corrected chi connectivity index (χ2v) is 6.28. The molecule has 0 unspecified atom stereocenters. The molecule has 0 N–H and O–H groups in total. The summed E-state index contributed by atoms with van der Waals surface area (Å²) in [5.74, 6) is 1.03. The van der Waals surface area contributed by atoms with Crippen molar-refractivity contribution in [2.75, 3.05) is 19.7 Å². The van der Waals surface area contributed by atoms with Gasteiger partial charge in [0, 0.05) is 13.1 Å². The number of rotatable bonds is 2. The van der Waals surface area contributed by atoms with Crippen molar-refractivity contribution in [2.24, 2.45) is 5.92 Å². The highest BCUT2D eigenvalue weighted by Crippen LogP contribution is 2.29. The molecule has 2 aliphatic heterocycles. The van der Waals surface area contributed by atoms with Crippen LogP contribution >= 0.6 is 0 Å². The zero-order valence-corrected chi connectivity index (χ0v) is 13.0. The first kappa shape index (κ1) is 14.2. The van der Waals surface area contributed by atoms with Crippen LogP contribution in [-0.2, 0) is 11.2 Å². The number of nitrogens with zero attached hydrogens (tertiary/aromatic N) is 4. The number of likely N-dealkylation sites (tertiary alicyclic amines) is 1. The molecule has 0 bridgehead atoms. The topological polar surface area (TPSA) is 60.2 Å². The number of hydrogen-bond donors (Lipinski definition) is 0. The number of aromatic nitrogens is 3.